The molecule has 0 aliphatic rings. The highest BCUT2D eigenvalue weighted by molar-refractivity contribution is 7.25. The van der Waals surface area contributed by atoms with Gasteiger partial charge in [0.25, 0.3) is 0 Å². The van der Waals surface area contributed by atoms with Crippen LogP contribution in [0.5, 0.6) is 0 Å². The van der Waals surface area contributed by atoms with Gasteiger partial charge in [-0.3, -0.25) is 9.97 Å². The van der Waals surface area contributed by atoms with E-state index >= 15 is 0 Å². The summed E-state index contributed by atoms with van der Waals surface area (Å²) < 4.78 is 6.88. The number of pyridine rings is 2. The summed E-state index contributed by atoms with van der Waals surface area (Å²) in [4.78, 5) is 15.0. The van der Waals surface area contributed by atoms with E-state index in [-0.39, 0.29) is 0 Å². The maximum absolute atomic E-state index is 5.17. The molecule has 0 aliphatic carbocycles. The first kappa shape index (κ1) is 37.1. The molecule has 6 nitrogen and oxygen atoms in total. The Labute approximate surface area is 378 Å². The quantitative estimate of drug-likeness (QED) is 0.153. The van der Waals surface area contributed by atoms with Gasteiger partial charge in [-0.2, -0.15) is 0 Å². The zero-order valence-corrected chi connectivity index (χ0v) is 35.8. The zero-order chi connectivity index (χ0) is 42.8. The number of hydrogen-bond donors (Lipinski definition) is 0. The van der Waals surface area contributed by atoms with Crippen LogP contribution in [0.25, 0.3) is 75.4 Å². The van der Waals surface area contributed by atoms with E-state index in [1.54, 1.807) is 11.3 Å². The number of nitrogens with zero attached hydrogens (tertiary/aromatic N) is 6. The van der Waals surface area contributed by atoms with Gasteiger partial charge in [0.15, 0.2) is 0 Å². The molecule has 13 aromatic rings. The molecule has 7 heteroatoms. The minimum absolute atomic E-state index is 0.896. The number of thiophene rings is 1. The van der Waals surface area contributed by atoms with Crippen molar-refractivity contribution in [2.24, 2.45) is 0 Å². The Hall–Kier alpha value is -8.52. The first-order valence-corrected chi connectivity index (χ1v) is 22.6. The Morgan fingerprint density at radius 2 is 0.677 bits per heavy atom. The second-order valence-electron chi connectivity index (χ2n) is 16.3. The highest BCUT2D eigenvalue weighted by Gasteiger charge is 2.22. The lowest BCUT2D eigenvalue weighted by Gasteiger charge is -2.25. The van der Waals surface area contributed by atoms with Crippen molar-refractivity contribution in [3.8, 4) is 11.4 Å². The first-order valence-electron chi connectivity index (χ1n) is 21.8. The fourth-order valence-corrected chi connectivity index (χ4v) is 10.8. The van der Waals surface area contributed by atoms with Crippen molar-refractivity contribution in [1.82, 2.24) is 19.1 Å². The van der Waals surface area contributed by atoms with Crippen LogP contribution in [0.3, 0.4) is 0 Å². The van der Waals surface area contributed by atoms with Crippen molar-refractivity contribution >= 4 is 110 Å². The van der Waals surface area contributed by atoms with Crippen molar-refractivity contribution in [3.63, 3.8) is 0 Å². The van der Waals surface area contributed by atoms with Crippen LogP contribution in [0, 0.1) is 0 Å². The first-order chi connectivity index (χ1) is 32.2. The zero-order valence-electron chi connectivity index (χ0n) is 35.0. The third-order valence-electron chi connectivity index (χ3n) is 12.5. The maximum Gasteiger partial charge on any atom is 0.107 e. The fraction of sp³-hybridized carbons (Fsp3) is 0. The molecule has 306 valence electrons. The van der Waals surface area contributed by atoms with E-state index in [0.29, 0.717) is 0 Å². The van der Waals surface area contributed by atoms with Crippen LogP contribution in [0.1, 0.15) is 0 Å². The van der Waals surface area contributed by atoms with Gasteiger partial charge in [0.05, 0.1) is 55.2 Å². The summed E-state index contributed by atoms with van der Waals surface area (Å²) in [7, 11) is 0. The van der Waals surface area contributed by atoms with Crippen molar-refractivity contribution in [3.05, 3.63) is 231 Å². The topological polar surface area (TPSA) is 42.1 Å². The molecular weight excluding hydrogens is 813 g/mol. The number of aromatic nitrogens is 4. The van der Waals surface area contributed by atoms with Gasteiger partial charge in [-0.1, -0.05) is 121 Å². The van der Waals surface area contributed by atoms with Crippen molar-refractivity contribution in [2.75, 3.05) is 9.80 Å². The van der Waals surface area contributed by atoms with Gasteiger partial charge in [-0.15, -0.1) is 11.3 Å². The highest BCUT2D eigenvalue weighted by atomic mass is 32.1. The molecule has 0 aliphatic heterocycles. The van der Waals surface area contributed by atoms with E-state index in [9.17, 15) is 0 Å². The molecule has 8 aromatic carbocycles. The summed E-state index contributed by atoms with van der Waals surface area (Å²) in [5.74, 6) is 0. The molecule has 5 aromatic heterocycles. The highest BCUT2D eigenvalue weighted by Crippen LogP contribution is 2.44. The van der Waals surface area contributed by atoms with E-state index in [1.165, 1.54) is 32.6 Å². The Bertz CT molecular complexity index is 3640. The smallest absolute Gasteiger partial charge is 0.107 e. The Kier molecular flexibility index (Phi) is 8.60. The summed E-state index contributed by atoms with van der Waals surface area (Å²) in [6, 6.07) is 77.9. The van der Waals surface area contributed by atoms with Crippen LogP contribution in [0.2, 0.25) is 0 Å². The Morgan fingerprint density at radius 3 is 1.11 bits per heavy atom. The van der Waals surface area contributed by atoms with E-state index in [2.05, 4.69) is 237 Å². The van der Waals surface area contributed by atoms with E-state index in [0.717, 1.165) is 77.0 Å². The number of hydrogen-bond acceptors (Lipinski definition) is 5. The summed E-state index contributed by atoms with van der Waals surface area (Å²) in [5, 5.41) is 4.88. The number of benzene rings is 8. The molecule has 65 heavy (non-hydrogen) atoms. The normalized spacial score (nSPS) is 11.7. The average molecular weight is 851 g/mol. The number of fused-ring (bicyclic) bond motifs is 9. The molecule has 0 N–H and O–H groups in total. The average Bonchev–Trinajstić information content (AvgIpc) is 4.02. The third kappa shape index (κ3) is 6.09. The minimum atomic E-state index is 0.896. The van der Waals surface area contributed by atoms with Crippen LogP contribution in [-0.2, 0) is 0 Å². The molecule has 0 saturated carbocycles. The van der Waals surface area contributed by atoms with Gasteiger partial charge >= 0.3 is 0 Å². The third-order valence-corrected chi connectivity index (χ3v) is 13.6. The van der Waals surface area contributed by atoms with Crippen molar-refractivity contribution < 1.29 is 0 Å². The van der Waals surface area contributed by atoms with E-state index < -0.39 is 0 Å². The monoisotopic (exact) mass is 850 g/mol. The number of anilines is 6. The molecule has 5 heterocycles. The SMILES string of the molecule is c1ccc(N(c2cnc3c(c2)sc2cc(N(c4ccccc4)c4ccc5c6ccccc6n(-c6ccccc6)c5c4)cnc23)c2ccc3c4ccccc4n(-c4ccccc4)c3c2)cc1. The fourth-order valence-electron chi connectivity index (χ4n) is 9.70. The lowest BCUT2D eigenvalue weighted by molar-refractivity contribution is 1.18. The minimum Gasteiger partial charge on any atom is -0.309 e. The van der Waals surface area contributed by atoms with E-state index in [4.69, 9.17) is 9.97 Å². The van der Waals surface area contributed by atoms with Crippen LogP contribution in [0.15, 0.2) is 231 Å². The molecule has 0 radical (unpaired) electrons. The standard InChI is InChI=1S/C58H38N6S/c1-5-17-39(18-6-1)61(43-29-31-49-47-25-13-15-27-51(47)63(53(49)33-43)41-21-9-3-10-22-41)45-35-55-57(59-37-45)58-56(65-55)36-46(38-60-58)62(40-19-7-2-8-20-40)44-30-32-50-48-26-14-16-28-52(48)64(54(50)34-44)42-23-11-4-12-24-42/h1-38H. The molecule has 0 bridgehead atoms. The van der Waals surface area contributed by atoms with E-state index in [1.807, 2.05) is 12.4 Å². The van der Waals surface area contributed by atoms with Gasteiger partial charge in [0, 0.05) is 55.7 Å². The molecule has 0 atom stereocenters. The van der Waals surface area contributed by atoms with Crippen LogP contribution >= 0.6 is 11.3 Å². The lowest BCUT2D eigenvalue weighted by atomic mass is 10.1. The summed E-state index contributed by atoms with van der Waals surface area (Å²) in [6.07, 6.45) is 3.98. The predicted molar refractivity (Wildman–Crippen MR) is 273 cm³/mol. The second kappa shape index (κ2) is 15.1. The molecule has 0 spiro atoms. The summed E-state index contributed by atoms with van der Waals surface area (Å²) in [5.41, 5.74) is 14.9. The Balaban J connectivity index is 0.949. The maximum atomic E-state index is 5.17. The Morgan fingerprint density at radius 1 is 0.308 bits per heavy atom. The van der Waals surface area contributed by atoms with Crippen molar-refractivity contribution in [2.45, 2.75) is 0 Å². The van der Waals surface area contributed by atoms with Gasteiger partial charge in [-0.25, -0.2) is 0 Å². The van der Waals surface area contributed by atoms with Crippen LogP contribution < -0.4 is 9.80 Å². The van der Waals surface area contributed by atoms with Gasteiger partial charge in [-0.05, 0) is 97.1 Å². The number of rotatable bonds is 8. The molecule has 0 fully saturated rings. The molecule has 0 saturated heterocycles. The van der Waals surface area contributed by atoms with Crippen LogP contribution in [0.4, 0.5) is 34.1 Å². The predicted octanol–water partition coefficient (Wildman–Crippen LogP) is 16.0. The van der Waals surface area contributed by atoms with Gasteiger partial charge < -0.3 is 18.9 Å². The second-order valence-corrected chi connectivity index (χ2v) is 17.4. The van der Waals surface area contributed by atoms with Gasteiger partial charge in [0.1, 0.15) is 11.0 Å². The molecule has 0 amide bonds. The summed E-state index contributed by atoms with van der Waals surface area (Å²) in [6.45, 7) is 0. The summed E-state index contributed by atoms with van der Waals surface area (Å²) >= 11 is 1.73. The van der Waals surface area contributed by atoms with Crippen LogP contribution in [-0.4, -0.2) is 19.1 Å². The number of para-hydroxylation sites is 6. The largest absolute Gasteiger partial charge is 0.309 e. The van der Waals surface area contributed by atoms with Gasteiger partial charge in [0.2, 0.25) is 0 Å². The van der Waals surface area contributed by atoms with Crippen molar-refractivity contribution in [1.29, 1.82) is 0 Å². The molecule has 13 rings (SSSR count). The molecule has 0 unspecified atom stereocenters. The molecular formula is C58H38N6S. The lowest BCUT2D eigenvalue weighted by Crippen LogP contribution is -2.10.